The second-order valence-electron chi connectivity index (χ2n) is 8.28. The van der Waals surface area contributed by atoms with Gasteiger partial charge in [0.1, 0.15) is 6.61 Å². The number of piperazine rings is 1. The van der Waals surface area contributed by atoms with Crippen LogP contribution in [0.2, 0.25) is 0 Å². The molecule has 0 aromatic heterocycles. The molecule has 0 saturated carbocycles. The van der Waals surface area contributed by atoms with E-state index in [0.717, 1.165) is 32.2 Å². The van der Waals surface area contributed by atoms with Gasteiger partial charge in [-0.1, -0.05) is 6.42 Å². The summed E-state index contributed by atoms with van der Waals surface area (Å²) in [5.74, 6) is -0.0248. The molecule has 0 aromatic rings. The van der Waals surface area contributed by atoms with E-state index in [2.05, 4.69) is 26.6 Å². The largest absolute Gasteiger partial charge is 0.464 e. The van der Waals surface area contributed by atoms with Gasteiger partial charge in [-0.3, -0.25) is 14.6 Å². The summed E-state index contributed by atoms with van der Waals surface area (Å²) < 4.78 is 5.44. The van der Waals surface area contributed by atoms with Gasteiger partial charge in [-0.15, -0.1) is 0 Å². The van der Waals surface area contributed by atoms with E-state index in [9.17, 15) is 4.79 Å². The van der Waals surface area contributed by atoms with Crippen LogP contribution in [-0.2, 0) is 9.53 Å². The minimum atomic E-state index is -0.0248. The number of carbonyl (C=O) groups excluding carboxylic acids is 1. The fourth-order valence-corrected chi connectivity index (χ4v) is 4.49. The lowest BCUT2D eigenvalue weighted by Gasteiger charge is -2.42. The Morgan fingerprint density at radius 1 is 0.846 bits per heavy atom. The van der Waals surface area contributed by atoms with Crippen molar-refractivity contribution in [1.29, 1.82) is 0 Å². The molecule has 3 heterocycles. The van der Waals surface area contributed by atoms with Crippen molar-refractivity contribution >= 4 is 5.97 Å². The van der Waals surface area contributed by atoms with Crippen molar-refractivity contribution in [3.05, 3.63) is 0 Å². The Balaban J connectivity index is 1.23. The molecule has 0 bridgehead atoms. The summed E-state index contributed by atoms with van der Waals surface area (Å²) in [5, 5.41) is 0. The Morgan fingerprint density at radius 2 is 1.50 bits per heavy atom. The van der Waals surface area contributed by atoms with Gasteiger partial charge in [-0.05, 0) is 58.9 Å². The number of esters is 1. The Kier molecular flexibility index (Phi) is 8.17. The van der Waals surface area contributed by atoms with E-state index in [1.54, 1.807) is 0 Å². The number of hydrogen-bond acceptors (Lipinski definition) is 6. The van der Waals surface area contributed by atoms with Crippen molar-refractivity contribution in [3.63, 3.8) is 0 Å². The van der Waals surface area contributed by atoms with E-state index in [-0.39, 0.29) is 5.97 Å². The number of likely N-dealkylation sites (tertiary alicyclic amines) is 2. The third-order valence-corrected chi connectivity index (χ3v) is 6.36. The molecule has 6 nitrogen and oxygen atoms in total. The van der Waals surface area contributed by atoms with Gasteiger partial charge in [0.05, 0.1) is 6.42 Å². The third kappa shape index (κ3) is 6.48. The molecule has 0 unspecified atom stereocenters. The second kappa shape index (κ2) is 10.6. The highest BCUT2D eigenvalue weighted by Gasteiger charge is 2.26. The van der Waals surface area contributed by atoms with Crippen molar-refractivity contribution < 1.29 is 9.53 Å². The molecule has 6 heteroatoms. The summed E-state index contributed by atoms with van der Waals surface area (Å²) in [7, 11) is 2.21. The highest BCUT2D eigenvalue weighted by molar-refractivity contribution is 5.69. The van der Waals surface area contributed by atoms with Crippen LogP contribution in [0, 0.1) is 0 Å². The summed E-state index contributed by atoms with van der Waals surface area (Å²) in [5.41, 5.74) is 0. The van der Waals surface area contributed by atoms with Crippen molar-refractivity contribution in [2.24, 2.45) is 0 Å². The number of piperidine rings is 2. The fraction of sp³-hybridized carbons (Fsp3) is 0.950. The van der Waals surface area contributed by atoms with Crippen LogP contribution in [0.1, 0.15) is 38.5 Å². The first-order chi connectivity index (χ1) is 12.7. The molecule has 0 spiro atoms. The quantitative estimate of drug-likeness (QED) is 0.629. The highest BCUT2D eigenvalue weighted by atomic mass is 16.5. The molecule has 3 aliphatic rings. The van der Waals surface area contributed by atoms with Crippen molar-refractivity contribution in [2.75, 3.05) is 79.1 Å². The Labute approximate surface area is 159 Å². The van der Waals surface area contributed by atoms with E-state index in [1.807, 2.05) is 0 Å². The molecule has 0 aromatic carbocycles. The molecular weight excluding hydrogens is 328 g/mol. The number of carbonyl (C=O) groups is 1. The summed E-state index contributed by atoms with van der Waals surface area (Å²) in [6.07, 6.45) is 6.96. The van der Waals surface area contributed by atoms with Gasteiger partial charge < -0.3 is 14.5 Å². The number of likely N-dealkylation sites (N-methyl/N-ethyl adjacent to an activating group) is 1. The van der Waals surface area contributed by atoms with Crippen molar-refractivity contribution in [2.45, 2.75) is 44.6 Å². The normalized spacial score (nSPS) is 25.4. The maximum Gasteiger partial charge on any atom is 0.307 e. The van der Waals surface area contributed by atoms with Crippen LogP contribution in [0.15, 0.2) is 0 Å². The van der Waals surface area contributed by atoms with Crippen LogP contribution in [0.4, 0.5) is 0 Å². The van der Waals surface area contributed by atoms with Crippen LogP contribution in [-0.4, -0.2) is 111 Å². The second-order valence-corrected chi connectivity index (χ2v) is 8.28. The van der Waals surface area contributed by atoms with Gasteiger partial charge in [0.15, 0.2) is 0 Å². The lowest BCUT2D eigenvalue weighted by Crippen LogP contribution is -2.52. The van der Waals surface area contributed by atoms with Crippen LogP contribution < -0.4 is 0 Å². The highest BCUT2D eigenvalue weighted by Crippen LogP contribution is 2.18. The molecule has 3 aliphatic heterocycles. The molecule has 3 fully saturated rings. The predicted octanol–water partition coefficient (Wildman–Crippen LogP) is 1.12. The summed E-state index contributed by atoms with van der Waals surface area (Å²) in [6, 6.07) is 0.747. The average Bonchev–Trinajstić information content (AvgIpc) is 2.68. The molecule has 3 rings (SSSR count). The first kappa shape index (κ1) is 20.1. The van der Waals surface area contributed by atoms with Gasteiger partial charge in [0, 0.05) is 45.3 Å². The zero-order valence-corrected chi connectivity index (χ0v) is 16.7. The SMILES string of the molecule is CN1CCN(C2CCN(CCC(=O)OCCN3CCCCC3)CC2)CC1. The Hall–Kier alpha value is -0.690. The summed E-state index contributed by atoms with van der Waals surface area (Å²) >= 11 is 0. The first-order valence-corrected chi connectivity index (χ1v) is 10.7. The maximum absolute atomic E-state index is 12.0. The topological polar surface area (TPSA) is 39.3 Å². The van der Waals surface area contributed by atoms with Gasteiger partial charge in [0.2, 0.25) is 0 Å². The van der Waals surface area contributed by atoms with E-state index < -0.39 is 0 Å². The number of rotatable bonds is 7. The van der Waals surface area contributed by atoms with Gasteiger partial charge in [-0.25, -0.2) is 0 Å². The van der Waals surface area contributed by atoms with Crippen molar-refractivity contribution in [1.82, 2.24) is 19.6 Å². The zero-order valence-electron chi connectivity index (χ0n) is 16.7. The van der Waals surface area contributed by atoms with Crippen molar-refractivity contribution in [3.8, 4) is 0 Å². The van der Waals surface area contributed by atoms with E-state index in [0.29, 0.717) is 13.0 Å². The van der Waals surface area contributed by atoms with Gasteiger partial charge >= 0.3 is 5.97 Å². The molecule has 0 aliphatic carbocycles. The average molecular weight is 367 g/mol. The summed E-state index contributed by atoms with van der Waals surface area (Å²) in [6.45, 7) is 11.7. The fourth-order valence-electron chi connectivity index (χ4n) is 4.49. The lowest BCUT2D eigenvalue weighted by molar-refractivity contribution is -0.144. The third-order valence-electron chi connectivity index (χ3n) is 6.36. The minimum absolute atomic E-state index is 0.0248. The monoisotopic (exact) mass is 366 g/mol. The number of hydrogen-bond donors (Lipinski definition) is 0. The maximum atomic E-state index is 12.0. The van der Waals surface area contributed by atoms with Gasteiger partial charge in [-0.2, -0.15) is 0 Å². The number of nitrogens with zero attached hydrogens (tertiary/aromatic N) is 4. The van der Waals surface area contributed by atoms with E-state index in [1.165, 1.54) is 71.4 Å². The van der Waals surface area contributed by atoms with Crippen LogP contribution >= 0.6 is 0 Å². The minimum Gasteiger partial charge on any atom is -0.464 e. The molecule has 3 saturated heterocycles. The molecular formula is C20H38N4O2. The molecule has 0 radical (unpaired) electrons. The molecule has 0 N–H and O–H groups in total. The van der Waals surface area contributed by atoms with E-state index in [4.69, 9.17) is 4.74 Å². The summed E-state index contributed by atoms with van der Waals surface area (Å²) in [4.78, 5) is 21.9. The van der Waals surface area contributed by atoms with Gasteiger partial charge in [0.25, 0.3) is 0 Å². The first-order valence-electron chi connectivity index (χ1n) is 10.7. The van der Waals surface area contributed by atoms with E-state index >= 15 is 0 Å². The predicted molar refractivity (Wildman–Crippen MR) is 104 cm³/mol. The molecule has 0 amide bonds. The van der Waals surface area contributed by atoms with Crippen LogP contribution in [0.3, 0.4) is 0 Å². The smallest absolute Gasteiger partial charge is 0.307 e. The Bertz CT molecular complexity index is 412. The van der Waals surface area contributed by atoms with Crippen LogP contribution in [0.25, 0.3) is 0 Å². The molecule has 26 heavy (non-hydrogen) atoms. The standard InChI is InChI=1S/C20H38N4O2/c1-21-13-15-24(16-14-21)19-5-10-23(11-6-19)12-7-20(25)26-18-17-22-8-3-2-4-9-22/h19H,2-18H2,1H3. The molecule has 150 valence electrons. The Morgan fingerprint density at radius 3 is 2.19 bits per heavy atom. The number of ether oxygens (including phenoxy) is 1. The molecule has 0 atom stereocenters. The lowest BCUT2D eigenvalue weighted by atomic mass is 10.0. The zero-order chi connectivity index (χ0) is 18.2. The van der Waals surface area contributed by atoms with Crippen LogP contribution in [0.5, 0.6) is 0 Å².